The van der Waals surface area contributed by atoms with E-state index >= 15 is 0 Å². The molecule has 0 bridgehead atoms. The van der Waals surface area contributed by atoms with Gasteiger partial charge in [-0.15, -0.1) is 0 Å². The second-order valence-corrected chi connectivity index (χ2v) is 7.58. The van der Waals surface area contributed by atoms with Gasteiger partial charge in [0, 0.05) is 23.6 Å². The molecular weight excluding hydrogens is 276 g/mol. The summed E-state index contributed by atoms with van der Waals surface area (Å²) in [7, 11) is 4.32. The molecule has 0 aliphatic heterocycles. The van der Waals surface area contributed by atoms with E-state index in [1.54, 1.807) is 11.1 Å². The Morgan fingerprint density at radius 2 is 2.10 bits per heavy atom. The number of hydrogen-bond donors (Lipinski definition) is 1. The van der Waals surface area contributed by atoms with E-state index in [4.69, 9.17) is 0 Å². The SMILES string of the molecule is CCCNC1c2ccccc2CCCC1SCCN(C)C. The third-order valence-corrected chi connectivity index (χ3v) is 5.54. The number of aryl methyl sites for hydroxylation is 1. The maximum atomic E-state index is 3.82. The molecule has 2 unspecified atom stereocenters. The number of thioether (sulfide) groups is 1. The van der Waals surface area contributed by atoms with Crippen LogP contribution in [0.1, 0.15) is 43.4 Å². The fraction of sp³-hybridized carbons (Fsp3) is 0.667. The Morgan fingerprint density at radius 3 is 2.86 bits per heavy atom. The molecule has 0 aromatic heterocycles. The lowest BCUT2D eigenvalue weighted by atomic mass is 9.99. The second-order valence-electron chi connectivity index (χ2n) is 6.24. The molecule has 2 atom stereocenters. The number of fused-ring (bicyclic) bond motifs is 1. The monoisotopic (exact) mass is 306 g/mol. The standard InChI is InChI=1S/C18H30N2S/c1-4-12-19-18-16-10-6-5-8-15(16)9-7-11-17(18)21-14-13-20(2)3/h5-6,8,10,17-19H,4,7,9,11-14H2,1-3H3. The molecule has 0 radical (unpaired) electrons. The summed E-state index contributed by atoms with van der Waals surface area (Å²) in [4.78, 5) is 2.28. The van der Waals surface area contributed by atoms with Gasteiger partial charge in [0.05, 0.1) is 0 Å². The number of rotatable bonds is 7. The molecule has 1 N–H and O–H groups in total. The highest BCUT2D eigenvalue weighted by molar-refractivity contribution is 7.99. The molecule has 2 nitrogen and oxygen atoms in total. The van der Waals surface area contributed by atoms with Crippen LogP contribution in [-0.2, 0) is 6.42 Å². The predicted molar refractivity (Wildman–Crippen MR) is 95.2 cm³/mol. The van der Waals surface area contributed by atoms with Crippen molar-refractivity contribution in [3.63, 3.8) is 0 Å². The normalized spacial score (nSPS) is 22.1. The average Bonchev–Trinajstić information content (AvgIpc) is 2.64. The maximum absolute atomic E-state index is 3.82. The van der Waals surface area contributed by atoms with Crippen LogP contribution >= 0.6 is 11.8 Å². The minimum atomic E-state index is 0.524. The molecular formula is C18H30N2S. The Balaban J connectivity index is 2.10. The van der Waals surface area contributed by atoms with Crippen molar-refractivity contribution in [3.05, 3.63) is 35.4 Å². The first-order valence-electron chi connectivity index (χ1n) is 8.30. The molecule has 0 amide bonds. The molecule has 0 saturated carbocycles. The van der Waals surface area contributed by atoms with Gasteiger partial charge in [0.15, 0.2) is 0 Å². The predicted octanol–water partition coefficient (Wildman–Crippen LogP) is 3.73. The highest BCUT2D eigenvalue weighted by Crippen LogP contribution is 2.35. The number of nitrogens with zero attached hydrogens (tertiary/aromatic N) is 1. The summed E-state index contributed by atoms with van der Waals surface area (Å²) in [6.45, 7) is 4.54. The first-order chi connectivity index (χ1) is 10.2. The van der Waals surface area contributed by atoms with Gasteiger partial charge in [0.2, 0.25) is 0 Å². The highest BCUT2D eigenvalue weighted by atomic mass is 32.2. The van der Waals surface area contributed by atoms with Crippen LogP contribution in [0.15, 0.2) is 24.3 Å². The van der Waals surface area contributed by atoms with Gasteiger partial charge in [-0.2, -0.15) is 11.8 Å². The summed E-state index contributed by atoms with van der Waals surface area (Å²) in [6, 6.07) is 9.58. The van der Waals surface area contributed by atoms with Crippen molar-refractivity contribution in [2.45, 2.75) is 43.9 Å². The summed E-state index contributed by atoms with van der Waals surface area (Å²) in [6.07, 6.45) is 5.09. The zero-order valence-corrected chi connectivity index (χ0v) is 14.6. The third-order valence-electron chi connectivity index (χ3n) is 4.18. The van der Waals surface area contributed by atoms with Crippen molar-refractivity contribution in [3.8, 4) is 0 Å². The van der Waals surface area contributed by atoms with Crippen LogP contribution in [0.5, 0.6) is 0 Å². The Labute approximate surface area is 134 Å². The zero-order chi connectivity index (χ0) is 15.1. The highest BCUT2D eigenvalue weighted by Gasteiger charge is 2.27. The topological polar surface area (TPSA) is 15.3 Å². The van der Waals surface area contributed by atoms with E-state index in [0.717, 1.165) is 6.54 Å². The average molecular weight is 307 g/mol. The molecule has 1 aliphatic carbocycles. The molecule has 2 rings (SSSR count). The lowest BCUT2D eigenvalue weighted by Gasteiger charge is -2.28. The second kappa shape index (κ2) is 8.82. The Bertz CT molecular complexity index is 419. The zero-order valence-electron chi connectivity index (χ0n) is 13.8. The summed E-state index contributed by atoms with van der Waals surface area (Å²) in [5, 5.41) is 4.53. The summed E-state index contributed by atoms with van der Waals surface area (Å²) in [5.41, 5.74) is 3.10. The minimum Gasteiger partial charge on any atom is -0.309 e. The van der Waals surface area contributed by atoms with E-state index < -0.39 is 0 Å². The van der Waals surface area contributed by atoms with Gasteiger partial charge in [-0.3, -0.25) is 0 Å². The Hall–Kier alpha value is -0.510. The van der Waals surface area contributed by atoms with Crippen LogP contribution in [0.25, 0.3) is 0 Å². The Kier molecular flexibility index (Phi) is 7.08. The largest absolute Gasteiger partial charge is 0.309 e. The van der Waals surface area contributed by atoms with E-state index in [1.807, 2.05) is 0 Å². The Morgan fingerprint density at radius 1 is 1.29 bits per heavy atom. The number of benzene rings is 1. The first kappa shape index (κ1) is 16.9. The molecule has 1 aliphatic rings. The van der Waals surface area contributed by atoms with Crippen LogP contribution in [0.2, 0.25) is 0 Å². The van der Waals surface area contributed by atoms with Crippen molar-refractivity contribution >= 4 is 11.8 Å². The fourth-order valence-electron chi connectivity index (χ4n) is 3.03. The first-order valence-corrected chi connectivity index (χ1v) is 9.34. The van der Waals surface area contributed by atoms with E-state index in [2.05, 4.69) is 67.3 Å². The van der Waals surface area contributed by atoms with E-state index in [0.29, 0.717) is 11.3 Å². The fourth-order valence-corrected chi connectivity index (χ4v) is 4.58. The molecule has 0 heterocycles. The van der Waals surface area contributed by atoms with Crippen LogP contribution in [0.3, 0.4) is 0 Å². The smallest absolute Gasteiger partial charge is 0.0443 e. The molecule has 0 spiro atoms. The van der Waals surface area contributed by atoms with Gasteiger partial charge in [-0.25, -0.2) is 0 Å². The van der Waals surface area contributed by atoms with Crippen LogP contribution < -0.4 is 5.32 Å². The van der Waals surface area contributed by atoms with Gasteiger partial charge in [0.1, 0.15) is 0 Å². The van der Waals surface area contributed by atoms with E-state index in [9.17, 15) is 0 Å². The third kappa shape index (κ3) is 5.01. The minimum absolute atomic E-state index is 0.524. The molecule has 3 heteroatoms. The van der Waals surface area contributed by atoms with Crippen LogP contribution in [-0.4, -0.2) is 43.1 Å². The van der Waals surface area contributed by atoms with Gasteiger partial charge in [0.25, 0.3) is 0 Å². The molecule has 1 aromatic carbocycles. The van der Waals surface area contributed by atoms with Crippen molar-refractivity contribution in [1.29, 1.82) is 0 Å². The number of nitrogens with one attached hydrogen (secondary N) is 1. The van der Waals surface area contributed by atoms with Gasteiger partial charge < -0.3 is 10.2 Å². The van der Waals surface area contributed by atoms with E-state index in [1.165, 1.54) is 38.0 Å². The number of hydrogen-bond acceptors (Lipinski definition) is 3. The van der Waals surface area contributed by atoms with Crippen LogP contribution in [0, 0.1) is 0 Å². The lowest BCUT2D eigenvalue weighted by molar-refractivity contribution is 0.436. The summed E-state index contributed by atoms with van der Waals surface area (Å²) < 4.78 is 0. The van der Waals surface area contributed by atoms with Gasteiger partial charge in [-0.1, -0.05) is 31.2 Å². The molecule has 1 aromatic rings. The van der Waals surface area contributed by atoms with Crippen molar-refractivity contribution < 1.29 is 0 Å². The molecule has 118 valence electrons. The van der Waals surface area contributed by atoms with Crippen molar-refractivity contribution in [2.24, 2.45) is 0 Å². The van der Waals surface area contributed by atoms with E-state index in [-0.39, 0.29) is 0 Å². The molecule has 21 heavy (non-hydrogen) atoms. The van der Waals surface area contributed by atoms with Gasteiger partial charge >= 0.3 is 0 Å². The lowest BCUT2D eigenvalue weighted by Crippen LogP contribution is -2.31. The summed E-state index contributed by atoms with van der Waals surface area (Å²) >= 11 is 2.16. The molecule has 0 saturated heterocycles. The summed E-state index contributed by atoms with van der Waals surface area (Å²) in [5.74, 6) is 1.23. The maximum Gasteiger partial charge on any atom is 0.0443 e. The molecule has 0 fully saturated rings. The quantitative estimate of drug-likeness (QED) is 0.773. The van der Waals surface area contributed by atoms with Crippen molar-refractivity contribution in [2.75, 3.05) is 32.9 Å². The van der Waals surface area contributed by atoms with Crippen molar-refractivity contribution in [1.82, 2.24) is 10.2 Å². The van der Waals surface area contributed by atoms with Crippen LogP contribution in [0.4, 0.5) is 0 Å². The van der Waals surface area contributed by atoms with Gasteiger partial charge in [-0.05, 0) is 57.5 Å².